The van der Waals surface area contributed by atoms with Gasteiger partial charge < -0.3 is 20.1 Å². The van der Waals surface area contributed by atoms with E-state index in [0.717, 1.165) is 0 Å². The Morgan fingerprint density at radius 2 is 1.97 bits per heavy atom. The summed E-state index contributed by atoms with van der Waals surface area (Å²) in [6, 6.07) is 3.96. The number of imidazole rings is 1. The molecule has 1 aromatic heterocycles. The molecule has 29 heavy (non-hydrogen) atoms. The minimum atomic E-state index is -1.65. The number of amides is 1. The Hall–Kier alpha value is -2.45. The first-order valence-corrected chi connectivity index (χ1v) is 9.79. The van der Waals surface area contributed by atoms with Crippen molar-refractivity contribution in [2.75, 3.05) is 5.32 Å². The second kappa shape index (κ2) is 7.11. The number of anilines is 1. The topological polar surface area (TPSA) is 104 Å². The van der Waals surface area contributed by atoms with E-state index >= 15 is 0 Å². The summed E-state index contributed by atoms with van der Waals surface area (Å²) in [6.07, 6.45) is 3.39. The summed E-state index contributed by atoms with van der Waals surface area (Å²) in [5.41, 5.74) is -0.203. The van der Waals surface area contributed by atoms with Crippen molar-refractivity contribution < 1.29 is 24.2 Å². The zero-order valence-electron chi connectivity index (χ0n) is 15.7. The van der Waals surface area contributed by atoms with E-state index in [2.05, 4.69) is 10.3 Å². The zero-order chi connectivity index (χ0) is 20.9. The molecule has 0 aliphatic heterocycles. The Balaban J connectivity index is 1.52. The van der Waals surface area contributed by atoms with Gasteiger partial charge in [0.2, 0.25) is 0 Å². The number of aryl methyl sites for hydroxylation is 1. The summed E-state index contributed by atoms with van der Waals surface area (Å²) in [6.45, 7) is 0. The summed E-state index contributed by atoms with van der Waals surface area (Å²) >= 11 is 5.78. The highest BCUT2D eigenvalue weighted by atomic mass is 35.5. The normalized spacial score (nSPS) is 28.3. The zero-order valence-corrected chi connectivity index (χ0v) is 16.5. The van der Waals surface area contributed by atoms with Crippen LogP contribution in [0.1, 0.15) is 47.8 Å². The van der Waals surface area contributed by atoms with Gasteiger partial charge in [0.25, 0.3) is 5.91 Å². The first-order chi connectivity index (χ1) is 13.7. The van der Waals surface area contributed by atoms with Gasteiger partial charge in [0.1, 0.15) is 11.5 Å². The molecule has 0 spiro atoms. The van der Waals surface area contributed by atoms with Gasteiger partial charge in [0, 0.05) is 18.7 Å². The van der Waals surface area contributed by atoms with Crippen LogP contribution in [-0.4, -0.2) is 37.2 Å². The van der Waals surface area contributed by atoms with Crippen LogP contribution in [0.25, 0.3) is 0 Å². The number of carboxylic acid groups (broad SMARTS) is 1. The van der Waals surface area contributed by atoms with Gasteiger partial charge in [0.15, 0.2) is 5.60 Å². The van der Waals surface area contributed by atoms with Crippen LogP contribution in [0.2, 0.25) is 5.02 Å². The van der Waals surface area contributed by atoms with Crippen LogP contribution in [0, 0.1) is 17.7 Å². The van der Waals surface area contributed by atoms with Crippen molar-refractivity contribution in [3.63, 3.8) is 0 Å². The van der Waals surface area contributed by atoms with Crippen molar-refractivity contribution in [2.45, 2.75) is 37.2 Å². The first-order valence-electron chi connectivity index (χ1n) is 9.41. The Kier molecular flexibility index (Phi) is 4.86. The molecule has 0 saturated heterocycles. The fourth-order valence-electron chi connectivity index (χ4n) is 4.85. The van der Waals surface area contributed by atoms with Crippen molar-refractivity contribution in [2.24, 2.45) is 18.9 Å². The number of hydrogen-bond acceptors (Lipinski definition) is 4. The van der Waals surface area contributed by atoms with E-state index in [4.69, 9.17) is 11.6 Å². The molecule has 7 nitrogen and oxygen atoms in total. The second-order valence-electron chi connectivity index (χ2n) is 8.11. The average molecular weight is 422 g/mol. The molecule has 9 heteroatoms. The maximum Gasteiger partial charge on any atom is 0.335 e. The first kappa shape index (κ1) is 19.8. The van der Waals surface area contributed by atoms with Gasteiger partial charge in [-0.15, -0.1) is 0 Å². The number of carbonyl (C=O) groups excluding carboxylic acids is 1. The molecule has 2 fully saturated rings. The predicted molar refractivity (Wildman–Crippen MR) is 103 cm³/mol. The molecule has 2 aliphatic rings. The molecule has 2 aromatic rings. The molecular formula is C20H21ClFN3O4. The standard InChI is InChI=1S/C20H21ClFN3O4/c1-25-9-23-16(10-4-11-7-20(29,19(27)28)8-12(11)5-10)17(25)18(26)24-13-2-3-15(22)14(21)6-13/h2-3,6,9-12,29H,4-5,7-8H2,1H3,(H,24,26)(H,27,28). The molecule has 4 rings (SSSR count). The molecular weight excluding hydrogens is 401 g/mol. The Bertz CT molecular complexity index is 978. The fourth-order valence-corrected chi connectivity index (χ4v) is 5.03. The lowest BCUT2D eigenvalue weighted by Crippen LogP contribution is -2.36. The van der Waals surface area contributed by atoms with Gasteiger partial charge in [-0.05, 0) is 55.7 Å². The molecule has 2 unspecified atom stereocenters. The smallest absolute Gasteiger partial charge is 0.335 e. The molecule has 2 aliphatic carbocycles. The summed E-state index contributed by atoms with van der Waals surface area (Å²) < 4.78 is 15.0. The van der Waals surface area contributed by atoms with Crippen LogP contribution >= 0.6 is 11.6 Å². The van der Waals surface area contributed by atoms with Crippen LogP contribution in [0.5, 0.6) is 0 Å². The summed E-state index contributed by atoms with van der Waals surface area (Å²) in [7, 11) is 1.72. The number of carboxylic acids is 1. The highest BCUT2D eigenvalue weighted by molar-refractivity contribution is 6.31. The van der Waals surface area contributed by atoms with Gasteiger partial charge in [0.05, 0.1) is 17.0 Å². The van der Waals surface area contributed by atoms with Crippen LogP contribution in [0.15, 0.2) is 24.5 Å². The van der Waals surface area contributed by atoms with E-state index < -0.39 is 17.4 Å². The third kappa shape index (κ3) is 3.51. The van der Waals surface area contributed by atoms with E-state index in [9.17, 15) is 24.2 Å². The maximum atomic E-state index is 13.3. The molecule has 0 bridgehead atoms. The Morgan fingerprint density at radius 3 is 2.55 bits per heavy atom. The van der Waals surface area contributed by atoms with Crippen molar-refractivity contribution in [1.29, 1.82) is 0 Å². The second-order valence-corrected chi connectivity index (χ2v) is 8.51. The van der Waals surface area contributed by atoms with Crippen molar-refractivity contribution in [1.82, 2.24) is 9.55 Å². The quantitative estimate of drug-likeness (QED) is 0.703. The van der Waals surface area contributed by atoms with Gasteiger partial charge in [-0.25, -0.2) is 14.2 Å². The lowest BCUT2D eigenvalue weighted by atomic mass is 9.92. The SMILES string of the molecule is Cn1cnc(C2CC3CC(O)(C(=O)O)CC3C2)c1C(=O)Nc1ccc(F)c(Cl)c1. The third-order valence-electron chi connectivity index (χ3n) is 6.18. The van der Waals surface area contributed by atoms with Gasteiger partial charge in [-0.2, -0.15) is 0 Å². The number of benzene rings is 1. The van der Waals surface area contributed by atoms with E-state index in [1.54, 1.807) is 17.9 Å². The molecule has 0 radical (unpaired) electrons. The van der Waals surface area contributed by atoms with E-state index in [-0.39, 0.29) is 41.5 Å². The highest BCUT2D eigenvalue weighted by Crippen LogP contribution is 2.54. The molecule has 2 saturated carbocycles. The predicted octanol–water partition coefficient (Wildman–Crippen LogP) is 3.18. The summed E-state index contributed by atoms with van der Waals surface area (Å²) in [5, 5.41) is 22.2. The van der Waals surface area contributed by atoms with Crippen molar-refractivity contribution in [3.8, 4) is 0 Å². The number of rotatable bonds is 4. The molecule has 3 N–H and O–H groups in total. The van der Waals surface area contributed by atoms with Crippen molar-refractivity contribution >= 4 is 29.2 Å². The average Bonchev–Trinajstić information content (AvgIpc) is 3.29. The van der Waals surface area contributed by atoms with Crippen LogP contribution in [0.3, 0.4) is 0 Å². The number of carbonyl (C=O) groups is 2. The summed E-state index contributed by atoms with van der Waals surface area (Å²) in [4.78, 5) is 28.6. The Morgan fingerprint density at radius 1 is 1.31 bits per heavy atom. The Labute approximate surface area is 171 Å². The van der Waals surface area contributed by atoms with Crippen LogP contribution in [0.4, 0.5) is 10.1 Å². The number of nitrogens with zero attached hydrogens (tertiary/aromatic N) is 2. The fraction of sp³-hybridized carbons (Fsp3) is 0.450. The molecule has 154 valence electrons. The molecule has 1 heterocycles. The molecule has 2 atom stereocenters. The monoisotopic (exact) mass is 421 g/mol. The maximum absolute atomic E-state index is 13.3. The van der Waals surface area contributed by atoms with E-state index in [1.165, 1.54) is 18.2 Å². The number of aromatic nitrogens is 2. The highest BCUT2D eigenvalue weighted by Gasteiger charge is 2.53. The largest absolute Gasteiger partial charge is 0.479 e. The van der Waals surface area contributed by atoms with Gasteiger partial charge >= 0.3 is 5.97 Å². The molecule has 1 amide bonds. The van der Waals surface area contributed by atoms with Crippen LogP contribution < -0.4 is 5.32 Å². The lowest BCUT2D eigenvalue weighted by molar-refractivity contribution is -0.158. The number of nitrogens with one attached hydrogen (secondary N) is 1. The van der Waals surface area contributed by atoms with Gasteiger partial charge in [-0.3, -0.25) is 4.79 Å². The number of fused-ring (bicyclic) bond motifs is 1. The molecule has 1 aromatic carbocycles. The summed E-state index contributed by atoms with van der Waals surface area (Å²) in [5.74, 6) is -1.90. The lowest BCUT2D eigenvalue weighted by Gasteiger charge is -2.19. The minimum absolute atomic E-state index is 0.0158. The number of hydrogen-bond donors (Lipinski definition) is 3. The number of aliphatic carboxylic acids is 1. The minimum Gasteiger partial charge on any atom is -0.479 e. The third-order valence-corrected chi connectivity index (χ3v) is 6.47. The van der Waals surface area contributed by atoms with E-state index in [0.29, 0.717) is 29.9 Å². The number of halogens is 2. The number of aliphatic hydroxyl groups is 1. The van der Waals surface area contributed by atoms with Crippen LogP contribution in [-0.2, 0) is 11.8 Å². The van der Waals surface area contributed by atoms with Gasteiger partial charge in [-0.1, -0.05) is 11.6 Å². The van der Waals surface area contributed by atoms with E-state index in [1.807, 2.05) is 0 Å². The van der Waals surface area contributed by atoms with Crippen molar-refractivity contribution in [3.05, 3.63) is 46.8 Å².